The fourth-order valence-electron chi connectivity index (χ4n) is 2.21. The Bertz CT molecular complexity index is 794. The van der Waals surface area contributed by atoms with E-state index in [1.165, 1.54) is 17.8 Å². The van der Waals surface area contributed by atoms with Crippen molar-refractivity contribution in [2.75, 3.05) is 0 Å². The van der Waals surface area contributed by atoms with Crippen molar-refractivity contribution in [3.63, 3.8) is 0 Å². The number of rotatable bonds is 4. The van der Waals surface area contributed by atoms with E-state index >= 15 is 0 Å². The number of benzene rings is 2. The number of nitrogens with zero attached hydrogens (tertiary/aromatic N) is 1. The van der Waals surface area contributed by atoms with Gasteiger partial charge in [0.25, 0.3) is 0 Å². The normalized spacial score (nSPS) is 12.1. The quantitative estimate of drug-likeness (QED) is 0.545. The standard InChI is InChI=1S/C18H12ClF2NS/c19-13-3-6-15(7-4-13)23-18(12-2-1-9-22-11-12)16-10-14(20)5-8-17(16)21/h1-11,18H. The third-order valence-electron chi connectivity index (χ3n) is 3.30. The second-order valence-corrected chi connectivity index (χ2v) is 6.52. The molecule has 0 saturated heterocycles. The molecule has 0 aliphatic heterocycles. The molecule has 2 aromatic carbocycles. The lowest BCUT2D eigenvalue weighted by atomic mass is 10.1. The van der Waals surface area contributed by atoms with Gasteiger partial charge >= 0.3 is 0 Å². The molecule has 0 amide bonds. The summed E-state index contributed by atoms with van der Waals surface area (Å²) in [6, 6.07) is 14.4. The summed E-state index contributed by atoms with van der Waals surface area (Å²) in [5.41, 5.74) is 1.09. The van der Waals surface area contributed by atoms with Crippen LogP contribution in [0.25, 0.3) is 0 Å². The molecule has 0 bridgehead atoms. The molecule has 1 atom stereocenters. The molecule has 116 valence electrons. The van der Waals surface area contributed by atoms with Crippen molar-refractivity contribution >= 4 is 23.4 Å². The third kappa shape index (κ3) is 3.89. The molecule has 1 heterocycles. The molecule has 0 aliphatic rings. The van der Waals surface area contributed by atoms with Gasteiger partial charge in [-0.15, -0.1) is 11.8 Å². The number of thioether (sulfide) groups is 1. The zero-order chi connectivity index (χ0) is 16.2. The van der Waals surface area contributed by atoms with Crippen LogP contribution < -0.4 is 0 Å². The van der Waals surface area contributed by atoms with Gasteiger partial charge in [-0.05, 0) is 54.1 Å². The lowest BCUT2D eigenvalue weighted by Gasteiger charge is -2.18. The molecule has 0 saturated carbocycles. The van der Waals surface area contributed by atoms with E-state index in [1.807, 2.05) is 18.2 Å². The lowest BCUT2D eigenvalue weighted by molar-refractivity contribution is 0.587. The summed E-state index contributed by atoms with van der Waals surface area (Å²) >= 11 is 7.32. The average Bonchev–Trinajstić information content (AvgIpc) is 2.57. The first-order valence-electron chi connectivity index (χ1n) is 6.90. The predicted octanol–water partition coefficient (Wildman–Crippen LogP) is 5.89. The van der Waals surface area contributed by atoms with Gasteiger partial charge in [0.05, 0.1) is 5.25 Å². The van der Waals surface area contributed by atoms with Crippen LogP contribution in [-0.4, -0.2) is 4.98 Å². The maximum atomic E-state index is 14.3. The van der Waals surface area contributed by atoms with E-state index in [0.717, 1.165) is 22.6 Å². The lowest BCUT2D eigenvalue weighted by Crippen LogP contribution is -2.01. The van der Waals surface area contributed by atoms with E-state index in [-0.39, 0.29) is 5.56 Å². The summed E-state index contributed by atoms with van der Waals surface area (Å²) in [7, 11) is 0. The minimum absolute atomic E-state index is 0.290. The molecule has 0 spiro atoms. The van der Waals surface area contributed by atoms with Crippen LogP contribution >= 0.6 is 23.4 Å². The summed E-state index contributed by atoms with van der Waals surface area (Å²) in [6.45, 7) is 0. The van der Waals surface area contributed by atoms with Crippen molar-refractivity contribution < 1.29 is 8.78 Å². The van der Waals surface area contributed by atoms with Crippen LogP contribution in [0.4, 0.5) is 8.78 Å². The minimum Gasteiger partial charge on any atom is -0.264 e. The Balaban J connectivity index is 2.03. The highest BCUT2D eigenvalue weighted by molar-refractivity contribution is 7.99. The van der Waals surface area contributed by atoms with Crippen LogP contribution in [0.15, 0.2) is 71.9 Å². The van der Waals surface area contributed by atoms with E-state index in [2.05, 4.69) is 4.98 Å². The first-order valence-corrected chi connectivity index (χ1v) is 8.16. The Labute approximate surface area is 142 Å². The van der Waals surface area contributed by atoms with E-state index in [1.54, 1.807) is 30.6 Å². The fourth-order valence-corrected chi connectivity index (χ4v) is 3.48. The van der Waals surface area contributed by atoms with Crippen LogP contribution in [0.1, 0.15) is 16.4 Å². The van der Waals surface area contributed by atoms with E-state index in [9.17, 15) is 8.78 Å². The van der Waals surface area contributed by atoms with Crippen molar-refractivity contribution in [2.24, 2.45) is 0 Å². The van der Waals surface area contributed by atoms with Gasteiger partial charge in [0.2, 0.25) is 0 Å². The van der Waals surface area contributed by atoms with Crippen molar-refractivity contribution in [3.05, 3.63) is 94.8 Å². The summed E-state index contributed by atoms with van der Waals surface area (Å²) in [6.07, 6.45) is 3.31. The van der Waals surface area contributed by atoms with Crippen molar-refractivity contribution in [3.8, 4) is 0 Å². The maximum absolute atomic E-state index is 14.3. The molecule has 23 heavy (non-hydrogen) atoms. The molecule has 0 N–H and O–H groups in total. The Morgan fingerprint density at radius 1 is 1.00 bits per heavy atom. The zero-order valence-corrected chi connectivity index (χ0v) is 13.5. The summed E-state index contributed by atoms with van der Waals surface area (Å²) < 4.78 is 27.9. The number of halogens is 3. The highest BCUT2D eigenvalue weighted by atomic mass is 35.5. The highest BCUT2D eigenvalue weighted by Crippen LogP contribution is 2.41. The van der Waals surface area contributed by atoms with Crippen LogP contribution in [-0.2, 0) is 0 Å². The Morgan fingerprint density at radius 3 is 2.48 bits per heavy atom. The first kappa shape index (κ1) is 16.0. The topological polar surface area (TPSA) is 12.9 Å². The van der Waals surface area contributed by atoms with Gasteiger partial charge in [-0.2, -0.15) is 0 Å². The molecule has 3 aromatic rings. The molecule has 0 fully saturated rings. The van der Waals surface area contributed by atoms with Crippen molar-refractivity contribution in [2.45, 2.75) is 10.1 Å². The van der Waals surface area contributed by atoms with Gasteiger partial charge in [-0.25, -0.2) is 8.78 Å². The van der Waals surface area contributed by atoms with Gasteiger partial charge in [0.1, 0.15) is 11.6 Å². The SMILES string of the molecule is Fc1ccc(F)c(C(Sc2ccc(Cl)cc2)c2cccnc2)c1. The number of hydrogen-bond donors (Lipinski definition) is 0. The van der Waals surface area contributed by atoms with Crippen LogP contribution in [0.3, 0.4) is 0 Å². The second-order valence-electron chi connectivity index (χ2n) is 4.90. The predicted molar refractivity (Wildman–Crippen MR) is 89.7 cm³/mol. The molecule has 0 aliphatic carbocycles. The number of hydrogen-bond acceptors (Lipinski definition) is 2. The number of aromatic nitrogens is 1. The maximum Gasteiger partial charge on any atom is 0.128 e. The molecule has 1 unspecified atom stereocenters. The van der Waals surface area contributed by atoms with Crippen molar-refractivity contribution in [1.29, 1.82) is 0 Å². The Morgan fingerprint density at radius 2 is 1.78 bits per heavy atom. The van der Waals surface area contributed by atoms with Crippen LogP contribution in [0, 0.1) is 11.6 Å². The first-order chi connectivity index (χ1) is 11.1. The van der Waals surface area contributed by atoms with E-state index < -0.39 is 16.9 Å². The molecule has 3 rings (SSSR count). The smallest absolute Gasteiger partial charge is 0.128 e. The Hall–Kier alpha value is -1.91. The average molecular weight is 348 g/mol. The summed E-state index contributed by atoms with van der Waals surface area (Å²) in [4.78, 5) is 5.00. The molecular formula is C18H12ClF2NS. The molecule has 1 aromatic heterocycles. The van der Waals surface area contributed by atoms with Gasteiger partial charge < -0.3 is 0 Å². The van der Waals surface area contributed by atoms with Crippen LogP contribution in [0.5, 0.6) is 0 Å². The third-order valence-corrected chi connectivity index (χ3v) is 4.85. The second kappa shape index (κ2) is 7.11. The molecule has 1 nitrogen and oxygen atoms in total. The molecular weight excluding hydrogens is 336 g/mol. The summed E-state index contributed by atoms with van der Waals surface area (Å²) in [5, 5.41) is 0.227. The van der Waals surface area contributed by atoms with E-state index in [0.29, 0.717) is 5.02 Å². The van der Waals surface area contributed by atoms with Gasteiger partial charge in [-0.1, -0.05) is 17.7 Å². The van der Waals surface area contributed by atoms with Crippen LogP contribution in [0.2, 0.25) is 5.02 Å². The molecule has 0 radical (unpaired) electrons. The fraction of sp³-hybridized carbons (Fsp3) is 0.0556. The van der Waals surface area contributed by atoms with Gasteiger partial charge in [0, 0.05) is 27.9 Å². The largest absolute Gasteiger partial charge is 0.264 e. The van der Waals surface area contributed by atoms with Gasteiger partial charge in [-0.3, -0.25) is 4.98 Å². The monoisotopic (exact) mass is 347 g/mol. The van der Waals surface area contributed by atoms with Crippen molar-refractivity contribution in [1.82, 2.24) is 4.98 Å². The molecule has 5 heteroatoms. The van der Waals surface area contributed by atoms with E-state index in [4.69, 9.17) is 11.6 Å². The Kier molecular flexibility index (Phi) is 4.94. The van der Waals surface area contributed by atoms with Gasteiger partial charge in [0.15, 0.2) is 0 Å². The minimum atomic E-state index is -0.466. The zero-order valence-electron chi connectivity index (χ0n) is 11.9. The summed E-state index contributed by atoms with van der Waals surface area (Å²) in [5.74, 6) is -0.909. The number of pyridine rings is 1. The highest BCUT2D eigenvalue weighted by Gasteiger charge is 2.20.